The zero-order valence-corrected chi connectivity index (χ0v) is 15.0. The summed E-state index contributed by atoms with van der Waals surface area (Å²) >= 11 is 0. The van der Waals surface area contributed by atoms with Crippen molar-refractivity contribution in [1.29, 1.82) is 0 Å². The largest absolute Gasteiger partial charge is 0.378 e. The van der Waals surface area contributed by atoms with Gasteiger partial charge < -0.3 is 20.3 Å². The minimum Gasteiger partial charge on any atom is -0.378 e. The number of urea groups is 1. The van der Waals surface area contributed by atoms with Gasteiger partial charge in [-0.1, -0.05) is 18.6 Å². The molecule has 4 atom stereocenters. The Morgan fingerprint density at radius 3 is 2.72 bits per heavy atom. The number of morpholine rings is 1. The summed E-state index contributed by atoms with van der Waals surface area (Å²) in [6.45, 7) is 5.37. The number of carbonyl (C=O) groups is 1. The van der Waals surface area contributed by atoms with E-state index in [1.807, 2.05) is 18.2 Å². The van der Waals surface area contributed by atoms with Crippen LogP contribution in [-0.2, 0) is 4.74 Å². The van der Waals surface area contributed by atoms with Gasteiger partial charge in [0, 0.05) is 19.1 Å². The molecule has 0 radical (unpaired) electrons. The van der Waals surface area contributed by atoms with Crippen LogP contribution in [0.15, 0.2) is 24.3 Å². The zero-order valence-electron chi connectivity index (χ0n) is 15.0. The average molecular weight is 343 g/mol. The van der Waals surface area contributed by atoms with E-state index in [1.165, 1.54) is 25.7 Å². The standard InChI is InChI=1S/C20H29N3O2/c1-14(17-13-15-6-7-16(17)12-15)21-20(24)22-18-4-2-3-5-19(18)23-8-10-25-11-9-23/h2-5,14-17H,6-13H2,1H3,(H2,21,22,24)/t14-,15+,16+,17+/m1/s1. The van der Waals surface area contributed by atoms with Crippen LogP contribution in [0.25, 0.3) is 0 Å². The van der Waals surface area contributed by atoms with Crippen molar-refractivity contribution in [2.24, 2.45) is 17.8 Å². The van der Waals surface area contributed by atoms with Crippen LogP contribution in [0.2, 0.25) is 0 Å². The van der Waals surface area contributed by atoms with Gasteiger partial charge in [-0.2, -0.15) is 0 Å². The number of amides is 2. The predicted octanol–water partition coefficient (Wildman–Crippen LogP) is 3.47. The third-order valence-corrected chi connectivity index (χ3v) is 6.30. The summed E-state index contributed by atoms with van der Waals surface area (Å²) < 4.78 is 5.43. The van der Waals surface area contributed by atoms with Crippen LogP contribution in [0.3, 0.4) is 0 Å². The number of benzene rings is 1. The van der Waals surface area contributed by atoms with Crippen molar-refractivity contribution in [3.05, 3.63) is 24.3 Å². The Hall–Kier alpha value is -1.75. The lowest BCUT2D eigenvalue weighted by Crippen LogP contribution is -2.42. The van der Waals surface area contributed by atoms with Crippen LogP contribution in [0.4, 0.5) is 16.2 Å². The highest BCUT2D eigenvalue weighted by Crippen LogP contribution is 2.49. The lowest BCUT2D eigenvalue weighted by atomic mass is 9.84. The second-order valence-corrected chi connectivity index (χ2v) is 7.84. The molecule has 2 aliphatic carbocycles. The van der Waals surface area contributed by atoms with Crippen molar-refractivity contribution in [3.63, 3.8) is 0 Å². The van der Waals surface area contributed by atoms with Gasteiger partial charge in [-0.25, -0.2) is 4.79 Å². The van der Waals surface area contributed by atoms with Gasteiger partial charge in [-0.3, -0.25) is 0 Å². The number of ether oxygens (including phenoxy) is 1. The fraction of sp³-hybridized carbons (Fsp3) is 0.650. The summed E-state index contributed by atoms with van der Waals surface area (Å²) in [5.41, 5.74) is 1.95. The summed E-state index contributed by atoms with van der Waals surface area (Å²) in [4.78, 5) is 14.8. The van der Waals surface area contributed by atoms with Crippen molar-refractivity contribution >= 4 is 17.4 Å². The highest BCUT2D eigenvalue weighted by Gasteiger charge is 2.42. The van der Waals surface area contributed by atoms with Crippen molar-refractivity contribution in [3.8, 4) is 0 Å². The van der Waals surface area contributed by atoms with Crippen LogP contribution in [0.1, 0.15) is 32.6 Å². The van der Waals surface area contributed by atoms with Crippen molar-refractivity contribution in [1.82, 2.24) is 5.32 Å². The van der Waals surface area contributed by atoms with Gasteiger partial charge in [0.25, 0.3) is 0 Å². The van der Waals surface area contributed by atoms with Crippen molar-refractivity contribution in [2.75, 3.05) is 36.5 Å². The van der Waals surface area contributed by atoms with Crippen molar-refractivity contribution in [2.45, 2.75) is 38.6 Å². The summed E-state index contributed by atoms with van der Waals surface area (Å²) in [7, 11) is 0. The van der Waals surface area contributed by atoms with E-state index < -0.39 is 0 Å². The molecule has 25 heavy (non-hydrogen) atoms. The van der Waals surface area contributed by atoms with Gasteiger partial charge >= 0.3 is 6.03 Å². The summed E-state index contributed by atoms with van der Waals surface area (Å²) in [6, 6.07) is 8.19. The van der Waals surface area contributed by atoms with Gasteiger partial charge in [0.15, 0.2) is 0 Å². The first-order chi connectivity index (χ1) is 12.2. The van der Waals surface area contributed by atoms with Gasteiger partial charge in [-0.15, -0.1) is 0 Å². The van der Waals surface area contributed by atoms with Crippen LogP contribution < -0.4 is 15.5 Å². The maximum atomic E-state index is 12.6. The number of fused-ring (bicyclic) bond motifs is 2. The molecule has 0 spiro atoms. The number of para-hydroxylation sites is 2. The summed E-state index contributed by atoms with van der Waals surface area (Å²) in [5, 5.41) is 6.27. The molecule has 1 aromatic rings. The normalized spacial score (nSPS) is 29.5. The molecule has 2 N–H and O–H groups in total. The minimum absolute atomic E-state index is 0.0871. The van der Waals surface area contributed by atoms with E-state index in [4.69, 9.17) is 4.74 Å². The first kappa shape index (κ1) is 16.7. The van der Waals surface area contributed by atoms with Gasteiger partial charge in [0.1, 0.15) is 0 Å². The molecular weight excluding hydrogens is 314 g/mol. The van der Waals surface area contributed by atoms with E-state index in [9.17, 15) is 4.79 Å². The van der Waals surface area contributed by atoms with Gasteiger partial charge in [-0.05, 0) is 56.1 Å². The molecule has 3 fully saturated rings. The molecule has 5 heteroatoms. The first-order valence-electron chi connectivity index (χ1n) is 9.70. The SMILES string of the molecule is C[C@@H](NC(=O)Nc1ccccc1N1CCOCC1)[C@@H]1C[C@H]2CC[C@H]1C2. The molecule has 0 unspecified atom stereocenters. The molecule has 136 valence electrons. The molecule has 2 bridgehead atoms. The number of nitrogens with zero attached hydrogens (tertiary/aromatic N) is 1. The Morgan fingerprint density at radius 1 is 1.20 bits per heavy atom. The third-order valence-electron chi connectivity index (χ3n) is 6.30. The molecule has 3 aliphatic rings. The Balaban J connectivity index is 1.37. The fourth-order valence-electron chi connectivity index (χ4n) is 5.04. The first-order valence-corrected chi connectivity index (χ1v) is 9.70. The molecule has 1 aliphatic heterocycles. The van der Waals surface area contributed by atoms with E-state index in [0.717, 1.165) is 49.5 Å². The number of anilines is 2. The van der Waals surface area contributed by atoms with Crippen LogP contribution >= 0.6 is 0 Å². The zero-order chi connectivity index (χ0) is 17.2. The van der Waals surface area contributed by atoms with Crippen molar-refractivity contribution < 1.29 is 9.53 Å². The minimum atomic E-state index is -0.0871. The van der Waals surface area contributed by atoms with Gasteiger partial charge in [0.2, 0.25) is 0 Å². The number of hydrogen-bond acceptors (Lipinski definition) is 3. The molecular formula is C20H29N3O2. The molecule has 2 saturated carbocycles. The lowest BCUT2D eigenvalue weighted by Gasteiger charge is -2.31. The van der Waals surface area contributed by atoms with E-state index >= 15 is 0 Å². The summed E-state index contributed by atoms with van der Waals surface area (Å²) in [5.74, 6) is 2.38. The molecule has 4 rings (SSSR count). The maximum absolute atomic E-state index is 12.6. The van der Waals surface area contributed by atoms with Crippen LogP contribution in [0, 0.1) is 17.8 Å². The van der Waals surface area contributed by atoms with E-state index in [-0.39, 0.29) is 12.1 Å². The molecule has 2 amide bonds. The Kier molecular flexibility index (Phi) is 4.84. The molecule has 5 nitrogen and oxygen atoms in total. The molecule has 1 aromatic carbocycles. The van der Waals surface area contributed by atoms with Gasteiger partial charge in [0.05, 0.1) is 24.6 Å². The van der Waals surface area contributed by atoms with E-state index in [1.54, 1.807) is 0 Å². The van der Waals surface area contributed by atoms with Crippen LogP contribution in [0.5, 0.6) is 0 Å². The number of hydrogen-bond donors (Lipinski definition) is 2. The number of carbonyl (C=O) groups excluding carboxylic acids is 1. The maximum Gasteiger partial charge on any atom is 0.319 e. The summed E-state index contributed by atoms with van der Waals surface area (Å²) in [6.07, 6.45) is 5.41. The Morgan fingerprint density at radius 2 is 2.00 bits per heavy atom. The number of rotatable bonds is 4. The Labute approximate surface area is 150 Å². The number of nitrogens with one attached hydrogen (secondary N) is 2. The average Bonchev–Trinajstić information content (AvgIpc) is 3.26. The third kappa shape index (κ3) is 3.61. The fourth-order valence-corrected chi connectivity index (χ4v) is 5.04. The smallest absolute Gasteiger partial charge is 0.319 e. The molecule has 1 heterocycles. The van der Waals surface area contributed by atoms with Crippen LogP contribution in [-0.4, -0.2) is 38.4 Å². The highest BCUT2D eigenvalue weighted by molar-refractivity contribution is 5.93. The highest BCUT2D eigenvalue weighted by atomic mass is 16.5. The second-order valence-electron chi connectivity index (χ2n) is 7.84. The predicted molar refractivity (Wildman–Crippen MR) is 100 cm³/mol. The quantitative estimate of drug-likeness (QED) is 0.880. The second kappa shape index (κ2) is 7.24. The monoisotopic (exact) mass is 343 g/mol. The van der Waals surface area contributed by atoms with E-state index in [2.05, 4.69) is 28.5 Å². The Bertz CT molecular complexity index is 615. The topological polar surface area (TPSA) is 53.6 Å². The molecule has 0 aromatic heterocycles. The molecule has 1 saturated heterocycles. The van der Waals surface area contributed by atoms with E-state index in [0.29, 0.717) is 5.92 Å². The lowest BCUT2D eigenvalue weighted by molar-refractivity contribution is 0.123.